The summed E-state index contributed by atoms with van der Waals surface area (Å²) in [5, 5.41) is 22.4. The number of quaternary nitrogens is 2. The molecule has 4 saturated heterocycles. The predicted octanol–water partition coefficient (Wildman–Crippen LogP) is -2.85. The highest BCUT2D eigenvalue weighted by Gasteiger charge is 2.54. The Labute approximate surface area is 212 Å². The fourth-order valence-corrected chi connectivity index (χ4v) is 4.88. The number of likely N-dealkylation sites (tertiary alicyclic amines) is 2. The first kappa shape index (κ1) is 29.6. The van der Waals surface area contributed by atoms with Crippen LogP contribution < -0.4 is 20.8 Å². The lowest BCUT2D eigenvalue weighted by Crippen LogP contribution is -3.04. The van der Waals surface area contributed by atoms with Crippen LogP contribution in [0.1, 0.15) is 67.2 Å². The van der Waals surface area contributed by atoms with Gasteiger partial charge in [0.1, 0.15) is 48.5 Å². The molecule has 0 saturated carbocycles. The van der Waals surface area contributed by atoms with Crippen LogP contribution in [0.2, 0.25) is 0 Å². The summed E-state index contributed by atoms with van der Waals surface area (Å²) in [6.07, 6.45) is 4.26. The van der Waals surface area contributed by atoms with E-state index in [-0.39, 0.29) is 34.5 Å². The van der Waals surface area contributed by atoms with Gasteiger partial charge in [0.25, 0.3) is 0 Å². The number of amides is 2. The predicted molar refractivity (Wildman–Crippen MR) is 123 cm³/mol. The van der Waals surface area contributed by atoms with E-state index in [9.17, 15) is 9.59 Å². The minimum Gasteiger partial charge on any atom is -0.543 e. The molecule has 4 aliphatic rings. The maximum absolute atomic E-state index is 12.0. The van der Waals surface area contributed by atoms with Gasteiger partial charge in [-0.3, -0.25) is 9.80 Å². The molecular weight excluding hydrogens is 472 g/mol. The number of rotatable bonds is 0. The number of aliphatic carboxylic acids is 2. The van der Waals surface area contributed by atoms with Gasteiger partial charge in [0.05, 0.1) is 11.9 Å². The summed E-state index contributed by atoms with van der Waals surface area (Å²) >= 11 is 0. The normalized spacial score (nSPS) is 21.3. The van der Waals surface area contributed by atoms with Gasteiger partial charge >= 0.3 is 12.2 Å². The van der Waals surface area contributed by atoms with Crippen molar-refractivity contribution in [1.82, 2.24) is 9.80 Å². The van der Waals surface area contributed by atoms with Crippen molar-refractivity contribution in [2.75, 3.05) is 39.3 Å². The Morgan fingerprint density at radius 1 is 0.667 bits per heavy atom. The summed E-state index contributed by atoms with van der Waals surface area (Å²) < 4.78 is 10.9. The molecule has 206 valence electrons. The molecule has 0 radical (unpaired) electrons. The van der Waals surface area contributed by atoms with Gasteiger partial charge in [-0.2, -0.15) is 0 Å². The number of carbonyl (C=O) groups is 4. The van der Waals surface area contributed by atoms with E-state index in [4.69, 9.17) is 29.3 Å². The number of nitrogens with zero attached hydrogens (tertiary/aromatic N) is 2. The summed E-state index contributed by atoms with van der Waals surface area (Å²) in [5.41, 5.74) is -0.507. The van der Waals surface area contributed by atoms with Gasteiger partial charge in [-0.15, -0.1) is 0 Å². The molecule has 0 aromatic heterocycles. The first-order chi connectivity index (χ1) is 16.5. The van der Waals surface area contributed by atoms with Crippen LogP contribution in [-0.2, 0) is 19.1 Å². The molecule has 0 aromatic rings. The molecule has 0 aliphatic carbocycles. The summed E-state index contributed by atoms with van der Waals surface area (Å²) in [6, 6.07) is 0. The fraction of sp³-hybridized carbons (Fsp3) is 0.833. The zero-order chi connectivity index (χ0) is 27.4. The van der Waals surface area contributed by atoms with Crippen molar-refractivity contribution < 1.29 is 49.5 Å². The molecule has 4 heterocycles. The zero-order valence-electron chi connectivity index (χ0n) is 22.4. The summed E-state index contributed by atoms with van der Waals surface area (Å²) in [5.74, 6) is -4.37. The Kier molecular flexibility index (Phi) is 9.22. The van der Waals surface area contributed by atoms with Gasteiger partial charge in [0.2, 0.25) is 0 Å². The number of hydrogen-bond acceptors (Lipinski definition) is 8. The number of nitrogens with two attached hydrogens (primary N) is 2. The van der Waals surface area contributed by atoms with Crippen LogP contribution in [0.5, 0.6) is 0 Å². The Morgan fingerprint density at radius 3 is 1.17 bits per heavy atom. The fourth-order valence-electron chi connectivity index (χ4n) is 4.88. The lowest BCUT2D eigenvalue weighted by Gasteiger charge is -2.42. The molecule has 2 spiro atoms. The second-order valence-electron chi connectivity index (χ2n) is 11.9. The molecule has 36 heavy (non-hydrogen) atoms. The van der Waals surface area contributed by atoms with Crippen molar-refractivity contribution in [3.05, 3.63) is 0 Å². The average molecular weight is 515 g/mol. The zero-order valence-corrected chi connectivity index (χ0v) is 22.4. The molecule has 4 rings (SSSR count). The topological polar surface area (TPSA) is 173 Å². The quantitative estimate of drug-likeness (QED) is 0.325. The Hall–Kier alpha value is -2.60. The Morgan fingerprint density at radius 2 is 0.972 bits per heavy atom. The number of hydrogen-bond donors (Lipinski definition) is 2. The largest absolute Gasteiger partial charge is 0.543 e. The number of ether oxygens (including phenoxy) is 2. The minimum atomic E-state index is -2.19. The maximum Gasteiger partial charge on any atom is 0.411 e. The average Bonchev–Trinajstić information content (AvgIpc) is 3.31. The molecular formula is C24H42N4O8. The van der Waals surface area contributed by atoms with Crippen LogP contribution in [0.15, 0.2) is 0 Å². The SMILES string of the molecule is CC(C)(C)OC(=O)N1CCCC12C[NH2+]C2.CC(C)(C)OC(=O)N1CCCC12C[NH2+]C2.O=C([O-])C(=O)[O-]. The van der Waals surface area contributed by atoms with Crippen LogP contribution in [-0.4, -0.2) is 95.5 Å². The van der Waals surface area contributed by atoms with Crippen molar-refractivity contribution in [3.63, 3.8) is 0 Å². The molecule has 0 unspecified atom stereocenters. The van der Waals surface area contributed by atoms with Crippen molar-refractivity contribution in [2.24, 2.45) is 0 Å². The third-order valence-corrected chi connectivity index (χ3v) is 6.68. The first-order valence-corrected chi connectivity index (χ1v) is 12.6. The van der Waals surface area contributed by atoms with Gasteiger partial charge in [-0.25, -0.2) is 9.59 Å². The Bertz CT molecular complexity index is 757. The van der Waals surface area contributed by atoms with Gasteiger partial charge in [0, 0.05) is 13.1 Å². The second-order valence-corrected chi connectivity index (χ2v) is 11.9. The third-order valence-electron chi connectivity index (χ3n) is 6.68. The van der Waals surface area contributed by atoms with Gasteiger partial charge < -0.3 is 39.9 Å². The number of carbonyl (C=O) groups excluding carboxylic acids is 4. The van der Waals surface area contributed by atoms with E-state index in [1.165, 1.54) is 0 Å². The summed E-state index contributed by atoms with van der Waals surface area (Å²) in [7, 11) is 0. The van der Waals surface area contributed by atoms with Crippen LogP contribution in [0.25, 0.3) is 0 Å². The highest BCUT2D eigenvalue weighted by atomic mass is 16.6. The van der Waals surface area contributed by atoms with Crippen molar-refractivity contribution in [1.29, 1.82) is 0 Å². The van der Waals surface area contributed by atoms with Crippen molar-refractivity contribution in [3.8, 4) is 0 Å². The van der Waals surface area contributed by atoms with E-state index in [0.29, 0.717) is 0 Å². The smallest absolute Gasteiger partial charge is 0.411 e. The maximum atomic E-state index is 12.0. The third kappa shape index (κ3) is 7.70. The molecule has 12 heteroatoms. The van der Waals surface area contributed by atoms with Gasteiger partial charge in [-0.05, 0) is 67.2 Å². The summed E-state index contributed by atoms with van der Waals surface area (Å²) in [4.78, 5) is 45.7. The molecule has 4 aliphatic heterocycles. The molecule has 2 amide bonds. The first-order valence-electron chi connectivity index (χ1n) is 12.6. The van der Waals surface area contributed by atoms with E-state index in [0.717, 1.165) is 65.0 Å². The Balaban J connectivity index is 0.000000208. The minimum absolute atomic E-state index is 0.127. The van der Waals surface area contributed by atoms with Crippen molar-refractivity contribution in [2.45, 2.75) is 89.5 Å². The van der Waals surface area contributed by atoms with Gasteiger partial charge in [-0.1, -0.05) is 0 Å². The molecule has 0 bridgehead atoms. The highest BCUT2D eigenvalue weighted by Crippen LogP contribution is 2.32. The molecule has 0 aromatic carbocycles. The molecule has 4 fully saturated rings. The monoisotopic (exact) mass is 514 g/mol. The van der Waals surface area contributed by atoms with E-state index in [1.807, 2.05) is 51.3 Å². The van der Waals surface area contributed by atoms with E-state index in [2.05, 4.69) is 10.6 Å². The van der Waals surface area contributed by atoms with Crippen LogP contribution >= 0.6 is 0 Å². The molecule has 4 N–H and O–H groups in total. The van der Waals surface area contributed by atoms with Crippen molar-refractivity contribution >= 4 is 24.1 Å². The number of carboxylic acid groups (broad SMARTS) is 2. The van der Waals surface area contributed by atoms with E-state index < -0.39 is 11.9 Å². The van der Waals surface area contributed by atoms with E-state index >= 15 is 0 Å². The van der Waals surface area contributed by atoms with Gasteiger partial charge in [0.15, 0.2) is 0 Å². The lowest BCUT2D eigenvalue weighted by atomic mass is 9.90. The molecule has 12 nitrogen and oxygen atoms in total. The second kappa shape index (κ2) is 11.2. The summed E-state index contributed by atoms with van der Waals surface area (Å²) in [6.45, 7) is 17.4. The lowest BCUT2D eigenvalue weighted by molar-refractivity contribution is -0.731. The van der Waals surface area contributed by atoms with Crippen LogP contribution in [0.4, 0.5) is 9.59 Å². The standard InChI is InChI=1S/2C11H20N2O2.C2H2O4/c2*1-10(2,3)15-9(14)13-6-4-5-11(13)7-12-8-11;3-1(4)2(5)6/h2*12H,4-8H2,1-3H3;(H,3,4)(H,5,6). The van der Waals surface area contributed by atoms with Crippen LogP contribution in [0, 0.1) is 0 Å². The van der Waals surface area contributed by atoms with E-state index in [1.54, 1.807) is 0 Å². The number of carboxylic acids is 2. The van der Waals surface area contributed by atoms with Crippen LogP contribution in [0.3, 0.4) is 0 Å². The molecule has 0 atom stereocenters. The highest BCUT2D eigenvalue weighted by molar-refractivity contribution is 6.25.